The fourth-order valence-electron chi connectivity index (χ4n) is 3.11. The van der Waals surface area contributed by atoms with Gasteiger partial charge in [-0.2, -0.15) is 11.8 Å². The number of rotatable bonds is 4. The Bertz CT molecular complexity index is 995. The standard InChI is InChI=1S/C10H12O4S2.C10H12O2S2/c1-2-14-10(11)9-5-7-6-16(12,13)4-3-8(7)15-9;1-2-12-10(11)9-5-7-6-13-4-3-8(7)14-9/h5H,2-4,6H2,1H3;5H,2-4,6H2,1H3. The predicted molar refractivity (Wildman–Crippen MR) is 122 cm³/mol. The van der Waals surface area contributed by atoms with Gasteiger partial charge in [0.05, 0.1) is 24.7 Å². The molecule has 0 amide bonds. The molecule has 0 saturated heterocycles. The number of hydrogen-bond acceptors (Lipinski definition) is 9. The summed E-state index contributed by atoms with van der Waals surface area (Å²) in [5, 5.41) is 0. The van der Waals surface area contributed by atoms with Gasteiger partial charge in [-0.15, -0.1) is 22.7 Å². The molecule has 0 saturated carbocycles. The third-order valence-corrected chi connectivity index (χ3v) is 9.51. The van der Waals surface area contributed by atoms with E-state index in [9.17, 15) is 18.0 Å². The number of esters is 2. The van der Waals surface area contributed by atoms with E-state index < -0.39 is 9.84 Å². The fourth-order valence-corrected chi connectivity index (χ4v) is 8.06. The van der Waals surface area contributed by atoms with Crippen LogP contribution in [0.25, 0.3) is 0 Å². The normalized spacial score (nSPS) is 16.5. The van der Waals surface area contributed by atoms with Crippen molar-refractivity contribution >= 4 is 56.2 Å². The first kappa shape index (κ1) is 23.3. The second-order valence-corrected chi connectivity index (χ2v) is 12.3. The van der Waals surface area contributed by atoms with Crippen LogP contribution in [0.1, 0.15) is 54.1 Å². The summed E-state index contributed by atoms with van der Waals surface area (Å²) in [6, 6.07) is 3.64. The molecule has 164 valence electrons. The second-order valence-electron chi connectivity index (χ2n) is 6.70. The van der Waals surface area contributed by atoms with Gasteiger partial charge in [-0.25, -0.2) is 18.0 Å². The minimum Gasteiger partial charge on any atom is -0.462 e. The predicted octanol–water partition coefficient (Wildman–Crippen LogP) is 4.11. The highest BCUT2D eigenvalue weighted by molar-refractivity contribution is 7.98. The molecular formula is C20H24O6S4. The van der Waals surface area contributed by atoms with Crippen LogP contribution in [0.2, 0.25) is 0 Å². The van der Waals surface area contributed by atoms with Crippen LogP contribution >= 0.6 is 34.4 Å². The number of ether oxygens (including phenoxy) is 2. The molecule has 10 heteroatoms. The highest BCUT2D eigenvalue weighted by atomic mass is 32.2. The molecule has 0 N–H and O–H groups in total. The summed E-state index contributed by atoms with van der Waals surface area (Å²) in [4.78, 5) is 26.5. The summed E-state index contributed by atoms with van der Waals surface area (Å²) >= 11 is 4.87. The zero-order valence-corrected chi connectivity index (χ0v) is 20.2. The van der Waals surface area contributed by atoms with E-state index in [1.807, 2.05) is 24.8 Å². The lowest BCUT2D eigenvalue weighted by molar-refractivity contribution is 0.0522. The van der Waals surface area contributed by atoms with Crippen LogP contribution in [0.5, 0.6) is 0 Å². The topological polar surface area (TPSA) is 86.7 Å². The van der Waals surface area contributed by atoms with Crippen LogP contribution in [0, 0.1) is 0 Å². The average molecular weight is 489 g/mol. The van der Waals surface area contributed by atoms with E-state index in [1.165, 1.54) is 27.5 Å². The van der Waals surface area contributed by atoms with Gasteiger partial charge in [-0.3, -0.25) is 0 Å². The maximum Gasteiger partial charge on any atom is 0.348 e. The Balaban J connectivity index is 0.000000172. The number of carbonyl (C=O) groups is 2. The molecule has 0 aliphatic carbocycles. The van der Waals surface area contributed by atoms with Crippen molar-refractivity contribution in [2.75, 3.05) is 24.7 Å². The molecule has 4 heterocycles. The molecular weight excluding hydrogens is 464 g/mol. The van der Waals surface area contributed by atoms with Crippen molar-refractivity contribution in [3.63, 3.8) is 0 Å². The number of fused-ring (bicyclic) bond motifs is 2. The molecule has 0 radical (unpaired) electrons. The van der Waals surface area contributed by atoms with E-state index in [0.29, 0.717) is 24.5 Å². The lowest BCUT2D eigenvalue weighted by Crippen LogP contribution is -2.16. The zero-order valence-electron chi connectivity index (χ0n) is 16.9. The van der Waals surface area contributed by atoms with E-state index in [4.69, 9.17) is 9.47 Å². The number of thiophene rings is 2. The van der Waals surface area contributed by atoms with Gasteiger partial charge in [-0.1, -0.05) is 0 Å². The zero-order chi connectivity index (χ0) is 21.7. The van der Waals surface area contributed by atoms with Crippen LogP contribution in [-0.2, 0) is 43.7 Å². The van der Waals surface area contributed by atoms with E-state index in [2.05, 4.69) is 0 Å². The summed E-state index contributed by atoms with van der Waals surface area (Å²) < 4.78 is 32.7. The Kier molecular flexibility index (Phi) is 8.00. The molecule has 6 nitrogen and oxygen atoms in total. The SMILES string of the molecule is CCOC(=O)c1cc2c(s1)CCS(=O)(=O)C2.CCOC(=O)c1cc2c(s1)CCSC2. The van der Waals surface area contributed by atoms with Gasteiger partial charge in [0.1, 0.15) is 9.75 Å². The van der Waals surface area contributed by atoms with Gasteiger partial charge in [0.15, 0.2) is 9.84 Å². The Morgan fingerprint density at radius 2 is 1.50 bits per heavy atom. The molecule has 0 atom stereocenters. The highest BCUT2D eigenvalue weighted by Crippen LogP contribution is 2.32. The first-order chi connectivity index (χ1) is 14.3. The lowest BCUT2D eigenvalue weighted by atomic mass is 10.2. The molecule has 2 aliphatic heterocycles. The van der Waals surface area contributed by atoms with Crippen LogP contribution in [0.4, 0.5) is 0 Å². The Labute approximate surface area is 188 Å². The first-order valence-corrected chi connectivity index (χ1v) is 14.3. The Morgan fingerprint density at radius 1 is 0.933 bits per heavy atom. The third kappa shape index (κ3) is 5.87. The van der Waals surface area contributed by atoms with Gasteiger partial charge in [0, 0.05) is 15.5 Å². The molecule has 0 unspecified atom stereocenters. The van der Waals surface area contributed by atoms with Crippen molar-refractivity contribution < 1.29 is 27.5 Å². The molecule has 4 rings (SSSR count). The average Bonchev–Trinajstić information content (AvgIpc) is 3.32. The van der Waals surface area contributed by atoms with Crippen molar-refractivity contribution in [3.05, 3.63) is 42.8 Å². The highest BCUT2D eigenvalue weighted by Gasteiger charge is 2.25. The molecule has 0 fully saturated rings. The molecule has 2 aliphatic rings. The second kappa shape index (κ2) is 10.3. The van der Waals surface area contributed by atoms with Crippen molar-refractivity contribution in [1.82, 2.24) is 0 Å². The van der Waals surface area contributed by atoms with Crippen molar-refractivity contribution in [1.29, 1.82) is 0 Å². The third-order valence-electron chi connectivity index (χ3n) is 4.49. The quantitative estimate of drug-likeness (QED) is 0.599. The summed E-state index contributed by atoms with van der Waals surface area (Å²) in [6.45, 7) is 4.37. The number of carbonyl (C=O) groups excluding carboxylic acids is 2. The van der Waals surface area contributed by atoms with Gasteiger partial charge in [-0.05, 0) is 55.7 Å². The van der Waals surface area contributed by atoms with Gasteiger partial charge >= 0.3 is 11.9 Å². The summed E-state index contributed by atoms with van der Waals surface area (Å²) in [6.07, 6.45) is 1.62. The summed E-state index contributed by atoms with van der Waals surface area (Å²) in [5.74, 6) is 1.93. The van der Waals surface area contributed by atoms with E-state index in [-0.39, 0.29) is 23.4 Å². The Hall–Kier alpha value is -1.36. The van der Waals surface area contributed by atoms with Crippen LogP contribution < -0.4 is 0 Å². The summed E-state index contributed by atoms with van der Waals surface area (Å²) in [5.41, 5.74) is 2.09. The monoisotopic (exact) mass is 488 g/mol. The molecule has 30 heavy (non-hydrogen) atoms. The van der Waals surface area contributed by atoms with Crippen LogP contribution in [-0.4, -0.2) is 45.1 Å². The summed E-state index contributed by atoms with van der Waals surface area (Å²) in [7, 11) is -2.97. The van der Waals surface area contributed by atoms with Crippen molar-refractivity contribution in [2.45, 2.75) is 38.2 Å². The van der Waals surface area contributed by atoms with Crippen LogP contribution in [0.3, 0.4) is 0 Å². The van der Waals surface area contributed by atoms with Crippen molar-refractivity contribution in [2.24, 2.45) is 0 Å². The van der Waals surface area contributed by atoms with Crippen molar-refractivity contribution in [3.8, 4) is 0 Å². The Morgan fingerprint density at radius 3 is 2.07 bits per heavy atom. The van der Waals surface area contributed by atoms with Crippen LogP contribution in [0.15, 0.2) is 12.1 Å². The molecule has 2 aromatic rings. The lowest BCUT2D eigenvalue weighted by Gasteiger charge is -2.10. The maximum absolute atomic E-state index is 11.5. The number of hydrogen-bond donors (Lipinski definition) is 0. The maximum atomic E-state index is 11.5. The van der Waals surface area contributed by atoms with Gasteiger partial charge < -0.3 is 9.47 Å². The van der Waals surface area contributed by atoms with E-state index >= 15 is 0 Å². The molecule has 0 aromatic carbocycles. The molecule has 0 bridgehead atoms. The minimum absolute atomic E-state index is 0.0538. The molecule has 0 spiro atoms. The fraction of sp³-hybridized carbons (Fsp3) is 0.500. The number of thioether (sulfide) groups is 1. The smallest absolute Gasteiger partial charge is 0.348 e. The van der Waals surface area contributed by atoms with E-state index in [0.717, 1.165) is 27.5 Å². The number of sulfone groups is 1. The molecule has 2 aromatic heterocycles. The first-order valence-electron chi connectivity index (χ1n) is 9.68. The van der Waals surface area contributed by atoms with Gasteiger partial charge in [0.25, 0.3) is 0 Å². The number of aryl methyl sites for hydroxylation is 2. The minimum atomic E-state index is -2.97. The van der Waals surface area contributed by atoms with Gasteiger partial charge in [0.2, 0.25) is 0 Å². The van der Waals surface area contributed by atoms with E-state index in [1.54, 1.807) is 24.3 Å². The largest absolute Gasteiger partial charge is 0.462 e.